The highest BCUT2D eigenvalue weighted by molar-refractivity contribution is 5.67. The van der Waals surface area contributed by atoms with Crippen LogP contribution in [0.2, 0.25) is 0 Å². The van der Waals surface area contributed by atoms with Crippen LogP contribution in [0.3, 0.4) is 0 Å². The van der Waals surface area contributed by atoms with Crippen LogP contribution in [0.25, 0.3) is 0 Å². The van der Waals surface area contributed by atoms with Gasteiger partial charge in [0.2, 0.25) is 5.95 Å². The highest BCUT2D eigenvalue weighted by atomic mass is 16.5. The van der Waals surface area contributed by atoms with E-state index in [0.717, 1.165) is 0 Å². The van der Waals surface area contributed by atoms with E-state index in [2.05, 4.69) is 20.3 Å². The predicted molar refractivity (Wildman–Crippen MR) is 40.4 cm³/mol. The van der Waals surface area contributed by atoms with E-state index < -0.39 is 0 Å². The summed E-state index contributed by atoms with van der Waals surface area (Å²) in [6.45, 7) is 1.67. The number of nitrogens with one attached hydrogen (secondary N) is 1. The third kappa shape index (κ3) is 1.88. The van der Waals surface area contributed by atoms with Gasteiger partial charge < -0.3 is 4.74 Å². The summed E-state index contributed by atoms with van der Waals surface area (Å²) in [6.07, 6.45) is 1.45. The van der Waals surface area contributed by atoms with E-state index in [-0.39, 0.29) is 12.0 Å². The second-order valence-corrected chi connectivity index (χ2v) is 1.92. The predicted octanol–water partition coefficient (Wildman–Crippen LogP) is -0.332. The lowest BCUT2D eigenvalue weighted by atomic mass is 10.7. The van der Waals surface area contributed by atoms with Crippen molar-refractivity contribution in [2.45, 2.75) is 6.92 Å². The van der Waals surface area contributed by atoms with Gasteiger partial charge in [-0.2, -0.15) is 15.0 Å². The van der Waals surface area contributed by atoms with Gasteiger partial charge in [0.15, 0.2) is 0 Å². The highest BCUT2D eigenvalue weighted by Crippen LogP contribution is 2.04. The van der Waals surface area contributed by atoms with E-state index in [1.165, 1.54) is 13.5 Å². The number of anilines is 1. The molecule has 63 valence electrons. The molecule has 0 bridgehead atoms. The molecule has 12 heavy (non-hydrogen) atoms. The number of aryl methyl sites for hydroxylation is 1. The molecule has 6 heteroatoms. The van der Waals surface area contributed by atoms with Crippen LogP contribution in [-0.2, 0) is 4.79 Å². The molecule has 0 fully saturated rings. The van der Waals surface area contributed by atoms with Crippen LogP contribution in [0.15, 0.2) is 0 Å². The summed E-state index contributed by atoms with van der Waals surface area (Å²) in [6, 6.07) is 0.167. The Kier molecular flexibility index (Phi) is 2.52. The molecular weight excluding hydrogens is 160 g/mol. The fourth-order valence-electron chi connectivity index (χ4n) is 0.650. The average molecular weight is 167 g/mol. The van der Waals surface area contributed by atoms with Crippen LogP contribution in [0.1, 0.15) is 5.82 Å². The lowest BCUT2D eigenvalue weighted by molar-refractivity contribution is 0.377. The number of hydrogen-bond donors (Lipinski definition) is 1. The van der Waals surface area contributed by atoms with Gasteiger partial charge in [0.25, 0.3) is 0 Å². The first-order valence-electron chi connectivity index (χ1n) is 3.16. The van der Waals surface area contributed by atoms with Crippen LogP contribution in [0.5, 0.6) is 6.01 Å². The van der Waals surface area contributed by atoms with Crippen molar-refractivity contribution < 1.29 is 9.53 Å². The standard InChI is InChI=1S/C6H7N4O2/c1-4-8-5(7-3-11)10-6(9-4)12-2/h1-2H3,(H,7,8,9,10,11). The van der Waals surface area contributed by atoms with Crippen LogP contribution in [0.4, 0.5) is 5.95 Å². The Morgan fingerprint density at radius 3 is 2.75 bits per heavy atom. The zero-order valence-corrected chi connectivity index (χ0v) is 6.66. The topological polar surface area (TPSA) is 77.0 Å². The summed E-state index contributed by atoms with van der Waals surface area (Å²) in [5, 5.41) is 2.18. The van der Waals surface area contributed by atoms with Crippen molar-refractivity contribution in [3.8, 4) is 6.01 Å². The van der Waals surface area contributed by atoms with Crippen LogP contribution >= 0.6 is 0 Å². The van der Waals surface area contributed by atoms with E-state index in [9.17, 15) is 4.79 Å². The van der Waals surface area contributed by atoms with Gasteiger partial charge in [0.05, 0.1) is 7.11 Å². The van der Waals surface area contributed by atoms with Crippen molar-refractivity contribution in [3.63, 3.8) is 0 Å². The van der Waals surface area contributed by atoms with Crippen molar-refractivity contribution in [2.75, 3.05) is 12.4 Å². The van der Waals surface area contributed by atoms with Crippen molar-refractivity contribution >= 4 is 12.4 Å². The molecular formula is C6H7N4O2. The normalized spacial score (nSPS) is 9.17. The van der Waals surface area contributed by atoms with Gasteiger partial charge in [0.1, 0.15) is 5.82 Å². The molecule has 1 aromatic rings. The summed E-state index contributed by atoms with van der Waals surface area (Å²) in [4.78, 5) is 21.2. The maximum atomic E-state index is 9.91. The Morgan fingerprint density at radius 1 is 1.42 bits per heavy atom. The number of rotatable bonds is 3. The molecule has 1 N–H and O–H groups in total. The summed E-state index contributed by atoms with van der Waals surface area (Å²) in [7, 11) is 1.43. The first kappa shape index (κ1) is 8.38. The van der Waals surface area contributed by atoms with E-state index in [4.69, 9.17) is 4.74 Å². The number of carbonyl (C=O) groups excluding carboxylic acids is 1. The van der Waals surface area contributed by atoms with E-state index >= 15 is 0 Å². The van der Waals surface area contributed by atoms with Gasteiger partial charge in [-0.15, -0.1) is 0 Å². The van der Waals surface area contributed by atoms with Crippen molar-refractivity contribution in [2.24, 2.45) is 0 Å². The molecule has 0 saturated heterocycles. The lowest BCUT2D eigenvalue weighted by Gasteiger charge is -2.00. The van der Waals surface area contributed by atoms with Crippen LogP contribution < -0.4 is 10.1 Å². The molecule has 0 saturated carbocycles. The Bertz CT molecular complexity index is 289. The molecule has 0 unspecified atom stereocenters. The first-order valence-corrected chi connectivity index (χ1v) is 3.16. The monoisotopic (exact) mass is 167 g/mol. The zero-order chi connectivity index (χ0) is 8.97. The Hall–Kier alpha value is -1.72. The minimum Gasteiger partial charge on any atom is -0.467 e. The summed E-state index contributed by atoms with van der Waals surface area (Å²) in [5.41, 5.74) is 0. The zero-order valence-electron chi connectivity index (χ0n) is 6.66. The third-order valence-corrected chi connectivity index (χ3v) is 1.07. The molecule has 1 amide bonds. The minimum atomic E-state index is 0.134. The van der Waals surface area contributed by atoms with Gasteiger partial charge in [-0.05, 0) is 6.92 Å². The maximum absolute atomic E-state index is 9.91. The van der Waals surface area contributed by atoms with Crippen LogP contribution in [-0.4, -0.2) is 28.5 Å². The Labute approximate surface area is 69.0 Å². The van der Waals surface area contributed by atoms with E-state index in [0.29, 0.717) is 5.82 Å². The number of hydrogen-bond acceptors (Lipinski definition) is 5. The van der Waals surface area contributed by atoms with Gasteiger partial charge in [0, 0.05) is 0 Å². The van der Waals surface area contributed by atoms with Crippen molar-refractivity contribution in [1.82, 2.24) is 15.0 Å². The molecule has 0 spiro atoms. The molecule has 1 radical (unpaired) electrons. The fourth-order valence-corrected chi connectivity index (χ4v) is 0.650. The second-order valence-electron chi connectivity index (χ2n) is 1.92. The first-order chi connectivity index (χ1) is 5.76. The van der Waals surface area contributed by atoms with Gasteiger partial charge in [-0.1, -0.05) is 0 Å². The molecule has 0 aliphatic rings. The van der Waals surface area contributed by atoms with Crippen molar-refractivity contribution in [1.29, 1.82) is 0 Å². The second kappa shape index (κ2) is 3.61. The van der Waals surface area contributed by atoms with E-state index in [1.54, 1.807) is 6.92 Å². The molecule has 1 heterocycles. The van der Waals surface area contributed by atoms with E-state index in [1.807, 2.05) is 0 Å². The maximum Gasteiger partial charge on any atom is 0.321 e. The number of amides is 1. The largest absolute Gasteiger partial charge is 0.467 e. The molecule has 0 atom stereocenters. The third-order valence-electron chi connectivity index (χ3n) is 1.07. The summed E-state index contributed by atoms with van der Waals surface area (Å²) >= 11 is 0. The summed E-state index contributed by atoms with van der Waals surface area (Å²) in [5.74, 6) is 0.606. The van der Waals surface area contributed by atoms with Gasteiger partial charge >= 0.3 is 12.4 Å². The lowest BCUT2D eigenvalue weighted by Crippen LogP contribution is -2.04. The molecule has 0 aliphatic heterocycles. The quantitative estimate of drug-likeness (QED) is 0.623. The fraction of sp³-hybridized carbons (Fsp3) is 0.333. The smallest absolute Gasteiger partial charge is 0.321 e. The number of nitrogens with zero attached hydrogens (tertiary/aromatic N) is 3. The SMILES string of the molecule is COc1nc(C)nc(N[C]=O)n1. The summed E-state index contributed by atoms with van der Waals surface area (Å²) < 4.78 is 4.75. The molecule has 1 rings (SSSR count). The average Bonchev–Trinajstić information content (AvgIpc) is 2.04. The van der Waals surface area contributed by atoms with Crippen LogP contribution in [0, 0.1) is 6.92 Å². The number of ether oxygens (including phenoxy) is 1. The minimum absolute atomic E-state index is 0.134. The molecule has 6 nitrogen and oxygen atoms in total. The van der Waals surface area contributed by atoms with Gasteiger partial charge in [-0.3, -0.25) is 10.1 Å². The molecule has 1 aromatic heterocycles. The Balaban J connectivity index is 2.97. The molecule has 0 aliphatic carbocycles. The Morgan fingerprint density at radius 2 is 2.17 bits per heavy atom. The highest BCUT2D eigenvalue weighted by Gasteiger charge is 2.01. The van der Waals surface area contributed by atoms with Crippen molar-refractivity contribution in [3.05, 3.63) is 5.82 Å². The number of methoxy groups -OCH3 is 1. The number of aromatic nitrogens is 3. The van der Waals surface area contributed by atoms with Gasteiger partial charge in [-0.25, -0.2) is 0 Å². The molecule has 0 aromatic carbocycles.